The molecular weight excluding hydrogens is 296 g/mol. The molecule has 1 rings (SSSR count). The predicted molar refractivity (Wildman–Crippen MR) is 90.4 cm³/mol. The highest BCUT2D eigenvalue weighted by molar-refractivity contribution is 5.67. The lowest BCUT2D eigenvalue weighted by molar-refractivity contribution is 0.0404. The Kier molecular flexibility index (Phi) is 8.43. The molecule has 23 heavy (non-hydrogen) atoms. The Morgan fingerprint density at radius 1 is 1.04 bits per heavy atom. The van der Waals surface area contributed by atoms with E-state index in [1.54, 1.807) is 0 Å². The van der Waals surface area contributed by atoms with Gasteiger partial charge in [0.25, 0.3) is 0 Å². The van der Waals surface area contributed by atoms with Gasteiger partial charge in [-0.15, -0.1) is 0 Å². The molecule has 0 atom stereocenters. The largest absolute Gasteiger partial charge is 0.444 e. The first-order valence-corrected chi connectivity index (χ1v) is 7.83. The minimum absolute atomic E-state index is 0.417. The van der Waals surface area contributed by atoms with Crippen molar-refractivity contribution in [2.24, 2.45) is 0 Å². The van der Waals surface area contributed by atoms with Crippen molar-refractivity contribution >= 4 is 11.8 Å². The molecule has 0 aliphatic heterocycles. The van der Waals surface area contributed by atoms with Gasteiger partial charge in [-0.2, -0.15) is 0 Å². The van der Waals surface area contributed by atoms with Gasteiger partial charge in [-0.3, -0.25) is 0 Å². The molecule has 0 aliphatic rings. The van der Waals surface area contributed by atoms with Crippen LogP contribution in [0, 0.1) is 0 Å². The lowest BCUT2D eigenvalue weighted by Crippen LogP contribution is -2.34. The van der Waals surface area contributed by atoms with E-state index in [2.05, 4.69) is 5.32 Å². The SMILES string of the molecule is CC(C)(C)OC(=O)NCCOCCOCCc1ccc(N)cc1. The molecule has 1 aromatic carbocycles. The lowest BCUT2D eigenvalue weighted by Gasteiger charge is -2.19. The average molecular weight is 324 g/mol. The van der Waals surface area contributed by atoms with Crippen LogP contribution in [0.25, 0.3) is 0 Å². The minimum Gasteiger partial charge on any atom is -0.444 e. The number of hydrogen-bond acceptors (Lipinski definition) is 5. The number of anilines is 1. The van der Waals surface area contributed by atoms with E-state index in [-0.39, 0.29) is 0 Å². The van der Waals surface area contributed by atoms with E-state index in [1.165, 1.54) is 5.56 Å². The summed E-state index contributed by atoms with van der Waals surface area (Å²) in [5, 5.41) is 2.63. The first kappa shape index (κ1) is 19.3. The second-order valence-electron chi connectivity index (χ2n) is 6.14. The van der Waals surface area contributed by atoms with Crippen molar-refractivity contribution in [2.45, 2.75) is 32.8 Å². The van der Waals surface area contributed by atoms with Gasteiger partial charge in [0.2, 0.25) is 0 Å². The van der Waals surface area contributed by atoms with Crippen molar-refractivity contribution in [1.82, 2.24) is 5.32 Å². The Morgan fingerprint density at radius 2 is 1.65 bits per heavy atom. The van der Waals surface area contributed by atoms with E-state index < -0.39 is 11.7 Å². The second kappa shape index (κ2) is 10.1. The van der Waals surface area contributed by atoms with Crippen LogP contribution >= 0.6 is 0 Å². The summed E-state index contributed by atoms with van der Waals surface area (Å²) in [6.07, 6.45) is 0.418. The van der Waals surface area contributed by atoms with Crippen molar-refractivity contribution in [3.8, 4) is 0 Å². The number of carbonyl (C=O) groups excluding carboxylic acids is 1. The van der Waals surface area contributed by atoms with Crippen molar-refractivity contribution in [3.63, 3.8) is 0 Å². The molecule has 130 valence electrons. The van der Waals surface area contributed by atoms with Crippen LogP contribution in [-0.4, -0.2) is 44.7 Å². The average Bonchev–Trinajstić information content (AvgIpc) is 2.45. The third-order valence-electron chi connectivity index (χ3n) is 2.80. The fraction of sp³-hybridized carbons (Fsp3) is 0.588. The number of alkyl carbamates (subject to hydrolysis) is 1. The molecule has 0 aliphatic carbocycles. The van der Waals surface area contributed by atoms with Gasteiger partial charge >= 0.3 is 6.09 Å². The number of rotatable bonds is 9. The van der Waals surface area contributed by atoms with Crippen LogP contribution < -0.4 is 11.1 Å². The number of nitrogen functional groups attached to an aromatic ring is 1. The number of benzene rings is 1. The molecule has 0 aromatic heterocycles. The first-order chi connectivity index (χ1) is 10.9. The van der Waals surface area contributed by atoms with Gasteiger partial charge in [-0.25, -0.2) is 4.79 Å². The Labute approximate surface area is 138 Å². The predicted octanol–water partition coefficient (Wildman–Crippen LogP) is 2.37. The molecule has 6 heteroatoms. The molecule has 0 bridgehead atoms. The monoisotopic (exact) mass is 324 g/mol. The van der Waals surface area contributed by atoms with E-state index in [0.717, 1.165) is 12.1 Å². The van der Waals surface area contributed by atoms with Crippen LogP contribution in [0.4, 0.5) is 10.5 Å². The quantitative estimate of drug-likeness (QED) is 0.538. The Balaban J connectivity index is 1.92. The highest BCUT2D eigenvalue weighted by atomic mass is 16.6. The van der Waals surface area contributed by atoms with E-state index in [0.29, 0.717) is 33.0 Å². The number of nitrogens with one attached hydrogen (secondary N) is 1. The fourth-order valence-electron chi connectivity index (χ4n) is 1.74. The number of ether oxygens (including phenoxy) is 3. The minimum atomic E-state index is -0.483. The van der Waals surface area contributed by atoms with Gasteiger partial charge in [0.1, 0.15) is 5.60 Å². The molecule has 0 saturated heterocycles. The Morgan fingerprint density at radius 3 is 2.26 bits per heavy atom. The summed E-state index contributed by atoms with van der Waals surface area (Å²) in [4.78, 5) is 11.4. The van der Waals surface area contributed by atoms with Gasteiger partial charge < -0.3 is 25.3 Å². The first-order valence-electron chi connectivity index (χ1n) is 7.83. The molecular formula is C17H28N2O4. The third-order valence-corrected chi connectivity index (χ3v) is 2.80. The van der Waals surface area contributed by atoms with E-state index in [4.69, 9.17) is 19.9 Å². The molecule has 0 heterocycles. The molecule has 0 saturated carbocycles. The van der Waals surface area contributed by atoms with Gasteiger partial charge in [0.05, 0.1) is 26.4 Å². The number of carbonyl (C=O) groups is 1. The van der Waals surface area contributed by atoms with Crippen LogP contribution in [0.15, 0.2) is 24.3 Å². The lowest BCUT2D eigenvalue weighted by atomic mass is 10.1. The third kappa shape index (κ3) is 10.5. The zero-order valence-electron chi connectivity index (χ0n) is 14.3. The van der Waals surface area contributed by atoms with Gasteiger partial charge in [-0.1, -0.05) is 12.1 Å². The van der Waals surface area contributed by atoms with Crippen molar-refractivity contribution < 1.29 is 19.0 Å². The normalized spacial score (nSPS) is 11.3. The van der Waals surface area contributed by atoms with Gasteiger partial charge in [0.15, 0.2) is 0 Å². The Hall–Kier alpha value is -1.79. The summed E-state index contributed by atoms with van der Waals surface area (Å²) in [7, 11) is 0. The number of hydrogen-bond donors (Lipinski definition) is 2. The topological polar surface area (TPSA) is 82.8 Å². The smallest absolute Gasteiger partial charge is 0.407 e. The Bertz CT molecular complexity index is 455. The van der Waals surface area contributed by atoms with Crippen molar-refractivity contribution in [2.75, 3.05) is 38.7 Å². The summed E-state index contributed by atoms with van der Waals surface area (Å²) >= 11 is 0. The maximum Gasteiger partial charge on any atom is 0.407 e. The molecule has 1 aromatic rings. The summed E-state index contributed by atoms with van der Waals surface area (Å²) in [6, 6.07) is 7.77. The summed E-state index contributed by atoms with van der Waals surface area (Å²) < 4.78 is 16.0. The molecule has 0 unspecified atom stereocenters. The number of amides is 1. The van der Waals surface area contributed by atoms with Gasteiger partial charge in [0, 0.05) is 12.2 Å². The highest BCUT2D eigenvalue weighted by Gasteiger charge is 2.15. The van der Waals surface area contributed by atoms with E-state index >= 15 is 0 Å². The van der Waals surface area contributed by atoms with E-state index in [9.17, 15) is 4.79 Å². The van der Waals surface area contributed by atoms with E-state index in [1.807, 2.05) is 45.0 Å². The molecule has 1 amide bonds. The number of nitrogens with two attached hydrogens (primary N) is 1. The zero-order valence-corrected chi connectivity index (χ0v) is 14.3. The standard InChI is InChI=1S/C17H28N2O4/c1-17(2,3)23-16(20)19-9-11-22-13-12-21-10-8-14-4-6-15(18)7-5-14/h4-7H,8-13,18H2,1-3H3,(H,19,20). The maximum atomic E-state index is 11.4. The van der Waals surface area contributed by atoms with Crippen LogP contribution in [0.2, 0.25) is 0 Å². The maximum absolute atomic E-state index is 11.4. The summed E-state index contributed by atoms with van der Waals surface area (Å²) in [5.41, 5.74) is 7.11. The van der Waals surface area contributed by atoms with Crippen molar-refractivity contribution in [3.05, 3.63) is 29.8 Å². The molecule has 6 nitrogen and oxygen atoms in total. The molecule has 0 radical (unpaired) electrons. The fourth-order valence-corrected chi connectivity index (χ4v) is 1.74. The zero-order chi connectivity index (χ0) is 17.1. The molecule has 0 spiro atoms. The molecule has 0 fully saturated rings. The summed E-state index contributed by atoms with van der Waals surface area (Å²) in [6.45, 7) is 7.99. The van der Waals surface area contributed by atoms with Gasteiger partial charge in [-0.05, 0) is 44.9 Å². The van der Waals surface area contributed by atoms with Crippen LogP contribution in [0.1, 0.15) is 26.3 Å². The van der Waals surface area contributed by atoms with Crippen molar-refractivity contribution in [1.29, 1.82) is 0 Å². The molecule has 3 N–H and O–H groups in total. The van der Waals surface area contributed by atoms with Crippen LogP contribution in [-0.2, 0) is 20.6 Å². The second-order valence-corrected chi connectivity index (χ2v) is 6.14. The highest BCUT2D eigenvalue weighted by Crippen LogP contribution is 2.06. The summed E-state index contributed by atoms with van der Waals surface area (Å²) in [5.74, 6) is 0. The van der Waals surface area contributed by atoms with Crippen LogP contribution in [0.5, 0.6) is 0 Å². The van der Waals surface area contributed by atoms with Crippen LogP contribution in [0.3, 0.4) is 0 Å².